The number of aliphatic hydroxyl groups is 4. The van der Waals surface area contributed by atoms with Crippen LogP contribution in [0.3, 0.4) is 0 Å². The predicted molar refractivity (Wildman–Crippen MR) is 402 cm³/mol. The Balaban J connectivity index is 3.14. The van der Waals surface area contributed by atoms with E-state index in [4.69, 9.17) is 0 Å². The van der Waals surface area contributed by atoms with E-state index in [0.29, 0.717) is 84.2 Å². The van der Waals surface area contributed by atoms with Crippen LogP contribution >= 0.6 is 0 Å². The number of allylic oxidation sites excluding steroid dienone is 17. The Morgan fingerprint density at radius 3 is 1.08 bits per heavy atom. The number of amides is 2. The van der Waals surface area contributed by atoms with Crippen molar-refractivity contribution in [3.8, 4) is 0 Å². The van der Waals surface area contributed by atoms with E-state index in [9.17, 15) is 30.0 Å². The maximum Gasteiger partial charge on any atom is 0.243 e. The normalized spacial score (nSPS) is 18.4. The molecule has 1 rings (SSSR count). The van der Waals surface area contributed by atoms with Gasteiger partial charge in [-0.15, -0.1) is 0 Å². The first kappa shape index (κ1) is 87.4. The summed E-state index contributed by atoms with van der Waals surface area (Å²) >= 11 is 0. The first-order chi connectivity index (χ1) is 42.5. The van der Waals surface area contributed by atoms with Crippen LogP contribution in [-0.4, -0.2) is 118 Å². The highest BCUT2D eigenvalue weighted by Gasteiger charge is 2.35. The molecular weight excluding hydrogens is 1150 g/mol. The van der Waals surface area contributed by atoms with Gasteiger partial charge in [-0.3, -0.25) is 19.4 Å². The van der Waals surface area contributed by atoms with Crippen molar-refractivity contribution in [1.29, 1.82) is 0 Å². The minimum absolute atomic E-state index is 0.0654. The molecule has 0 saturated carbocycles. The lowest BCUT2D eigenvalue weighted by molar-refractivity contribution is -0.137. The van der Waals surface area contributed by atoms with Gasteiger partial charge in [-0.2, -0.15) is 0 Å². The molecule has 0 aromatic rings. The zero-order valence-electron chi connectivity index (χ0n) is 64.7. The zero-order valence-corrected chi connectivity index (χ0v) is 64.7. The maximum absolute atomic E-state index is 13.7. The summed E-state index contributed by atoms with van der Waals surface area (Å²) in [5.41, 5.74) is 0.662. The fourth-order valence-electron chi connectivity index (χ4n) is 13.0. The smallest absolute Gasteiger partial charge is 0.243 e. The van der Waals surface area contributed by atoms with Gasteiger partial charge in [0.1, 0.15) is 12.1 Å². The van der Waals surface area contributed by atoms with E-state index in [1.807, 2.05) is 0 Å². The number of rotatable bonds is 46. The van der Waals surface area contributed by atoms with E-state index in [1.165, 1.54) is 0 Å². The SMILES string of the molecule is C=C(C)C(C)(C)/C=C\C/C=C\C(C)(C)CC(O)CN(CCCCC1NC(=O)C(CCCCN(CC(O)CC(C)(C)/C=C\C/C=C\C(C)(C)CC)CC(O)C(C)(C)C/C=C\C/C=C\C(C)(C)CC(C)(C)C)NC1=O)CC(O)C(C)(C)C/C=C\C/C=C\C(C)(C)CC(C)(C)C. The lowest BCUT2D eigenvalue weighted by atomic mass is 9.76. The molecule has 536 valence electrons. The van der Waals surface area contributed by atoms with Gasteiger partial charge in [0.25, 0.3) is 0 Å². The van der Waals surface area contributed by atoms with Crippen LogP contribution in [0.2, 0.25) is 0 Å². The summed E-state index contributed by atoms with van der Waals surface area (Å²) in [6, 6.07) is -1.28. The average Bonchev–Trinajstić information content (AvgIpc) is 0.932. The third-order valence-corrected chi connectivity index (χ3v) is 18.9. The average molecular weight is 1300 g/mol. The third-order valence-electron chi connectivity index (χ3n) is 18.9. The van der Waals surface area contributed by atoms with Crippen molar-refractivity contribution in [2.75, 3.05) is 39.3 Å². The van der Waals surface area contributed by atoms with Crippen LogP contribution in [0.1, 0.15) is 275 Å². The molecule has 0 aromatic heterocycles. The second-order valence-electron chi connectivity index (χ2n) is 36.3. The van der Waals surface area contributed by atoms with Crippen LogP contribution in [0.15, 0.2) is 109 Å². The molecule has 0 aliphatic carbocycles. The topological polar surface area (TPSA) is 146 Å². The highest BCUT2D eigenvalue weighted by atomic mass is 16.3. The molecule has 93 heavy (non-hydrogen) atoms. The molecule has 1 aliphatic rings. The van der Waals surface area contributed by atoms with Crippen molar-refractivity contribution in [3.05, 3.63) is 109 Å². The van der Waals surface area contributed by atoms with Gasteiger partial charge in [0.2, 0.25) is 11.8 Å². The molecular formula is C83H148N4O6. The summed E-state index contributed by atoms with van der Waals surface area (Å²) in [6.07, 6.45) is 46.0. The molecule has 0 aromatic carbocycles. The molecule has 6 atom stereocenters. The van der Waals surface area contributed by atoms with Crippen LogP contribution in [0.4, 0.5) is 0 Å². The summed E-state index contributed by atoms with van der Waals surface area (Å²) < 4.78 is 0. The Morgan fingerprint density at radius 1 is 0.441 bits per heavy atom. The molecule has 10 nitrogen and oxygen atoms in total. The summed E-state index contributed by atoms with van der Waals surface area (Å²) in [5.74, 6) is -0.345. The van der Waals surface area contributed by atoms with E-state index in [1.54, 1.807) is 0 Å². The van der Waals surface area contributed by atoms with E-state index in [0.717, 1.165) is 69.8 Å². The first-order valence-electron chi connectivity index (χ1n) is 36.3. The lowest BCUT2D eigenvalue weighted by Gasteiger charge is -2.36. The van der Waals surface area contributed by atoms with Gasteiger partial charge in [-0.05, 0) is 178 Å². The molecule has 0 spiro atoms. The van der Waals surface area contributed by atoms with Crippen LogP contribution in [0.25, 0.3) is 0 Å². The van der Waals surface area contributed by atoms with Crippen molar-refractivity contribution in [2.24, 2.45) is 54.1 Å². The number of nitrogens with one attached hydrogen (secondary N) is 2. The summed E-state index contributed by atoms with van der Waals surface area (Å²) in [6.45, 7) is 60.0. The largest absolute Gasteiger partial charge is 0.392 e. The molecule has 6 unspecified atom stereocenters. The predicted octanol–water partition coefficient (Wildman–Crippen LogP) is 19.0. The van der Waals surface area contributed by atoms with Crippen molar-refractivity contribution >= 4 is 11.8 Å². The Morgan fingerprint density at radius 2 is 0.753 bits per heavy atom. The second kappa shape index (κ2) is 39.7. The Hall–Kier alpha value is -3.64. The maximum atomic E-state index is 13.7. The molecule has 1 saturated heterocycles. The van der Waals surface area contributed by atoms with Crippen LogP contribution in [-0.2, 0) is 9.59 Å². The fraction of sp³-hybridized carbons (Fsp3) is 0.759. The van der Waals surface area contributed by atoms with Crippen molar-refractivity contribution in [1.82, 2.24) is 20.4 Å². The van der Waals surface area contributed by atoms with Gasteiger partial charge in [-0.1, -0.05) is 269 Å². The van der Waals surface area contributed by atoms with Gasteiger partial charge >= 0.3 is 0 Å². The van der Waals surface area contributed by atoms with Crippen molar-refractivity contribution in [3.63, 3.8) is 0 Å². The highest BCUT2D eigenvalue weighted by Crippen LogP contribution is 2.37. The van der Waals surface area contributed by atoms with Gasteiger partial charge in [0.15, 0.2) is 0 Å². The minimum atomic E-state index is -0.652. The molecule has 10 heteroatoms. The van der Waals surface area contributed by atoms with Gasteiger partial charge < -0.3 is 31.1 Å². The summed E-state index contributed by atoms with van der Waals surface area (Å²) in [5, 5.41) is 53.2. The van der Waals surface area contributed by atoms with Crippen LogP contribution in [0.5, 0.6) is 0 Å². The van der Waals surface area contributed by atoms with Gasteiger partial charge in [0.05, 0.1) is 24.4 Å². The summed E-state index contributed by atoms with van der Waals surface area (Å²) in [7, 11) is 0. The van der Waals surface area contributed by atoms with Gasteiger partial charge in [-0.25, -0.2) is 0 Å². The number of unbranched alkanes of at least 4 members (excludes halogenated alkanes) is 2. The molecule has 1 heterocycles. The Kier molecular flexibility index (Phi) is 37.3. The molecule has 0 bridgehead atoms. The lowest BCUT2D eigenvalue weighted by Crippen LogP contribution is -2.61. The van der Waals surface area contributed by atoms with Crippen LogP contribution < -0.4 is 10.6 Å². The monoisotopic (exact) mass is 1300 g/mol. The molecule has 6 N–H and O–H groups in total. The second-order valence-corrected chi connectivity index (χ2v) is 36.3. The van der Waals surface area contributed by atoms with E-state index in [-0.39, 0.29) is 55.1 Å². The van der Waals surface area contributed by atoms with Gasteiger partial charge in [0, 0.05) is 31.6 Å². The Bertz CT molecular complexity index is 2430. The first-order valence-corrected chi connectivity index (χ1v) is 36.3. The van der Waals surface area contributed by atoms with E-state index in [2.05, 4.69) is 290 Å². The Labute approximate surface area is 574 Å². The number of carbonyl (C=O) groups is 2. The molecule has 0 radical (unpaired) electrons. The van der Waals surface area contributed by atoms with Crippen molar-refractivity contribution < 1.29 is 30.0 Å². The standard InChI is InChI=1S/C83H148N4O6/c1-26-76(10,11)47-37-31-38-48-77(12,13)57-66(88)59-86(61-70(90)82(22,23)53-40-29-27-35-50-79(16,17)63-74(4,5)6)55-43-33-45-68-72(92)85-69(73(93)84-68)46-34-44-56-87(60-67(89)58-78(14,15)49-39-32-42-52-81(20,21)65(2)3)62-71(91)83(24,25)54-41-30-28-36-51-80(18,19)64-75(7,8)9/h29-30,35-42,47-52,66-71,88-91H,2,26-28,31-34,43-46,53-64H2,1,3-25H3,(H,84,93)(H,85,92)/b40-29-,41-30-,47-37-,48-38-,49-39-,50-35-,51-36-,52-42-. The number of carbonyl (C=O) groups excluding carboxylic acids is 2. The van der Waals surface area contributed by atoms with Crippen LogP contribution in [0, 0.1) is 54.1 Å². The van der Waals surface area contributed by atoms with E-state index >= 15 is 0 Å². The quantitative estimate of drug-likeness (QED) is 0.0261. The van der Waals surface area contributed by atoms with Crippen molar-refractivity contribution in [2.45, 2.75) is 312 Å². The fourth-order valence-corrected chi connectivity index (χ4v) is 13.0. The molecule has 1 fully saturated rings. The third kappa shape index (κ3) is 40.6. The number of nitrogens with zero attached hydrogens (tertiary/aromatic N) is 2. The number of aliphatic hydroxyl groups excluding tert-OH is 4. The molecule has 1 aliphatic heterocycles. The zero-order chi connectivity index (χ0) is 71.3. The number of hydrogen-bond donors (Lipinski definition) is 6. The number of hydrogen-bond acceptors (Lipinski definition) is 8. The minimum Gasteiger partial charge on any atom is -0.392 e. The summed E-state index contributed by atoms with van der Waals surface area (Å²) in [4.78, 5) is 31.7. The molecule has 2 amide bonds. The highest BCUT2D eigenvalue weighted by molar-refractivity contribution is 5.96. The van der Waals surface area contributed by atoms with E-state index < -0.39 is 47.3 Å². The number of piperazine rings is 1.